The average Bonchev–Trinajstić information content (AvgIpc) is 2.93. The number of nitrogens with two attached hydrogens (primary N) is 1. The number of nitrogens with one attached hydrogen (secondary N) is 2. The van der Waals surface area contributed by atoms with Gasteiger partial charge in [0.15, 0.2) is 5.96 Å². The van der Waals surface area contributed by atoms with Gasteiger partial charge in [0.1, 0.15) is 6.54 Å². The quantitative estimate of drug-likeness (QED) is 0.437. The second-order valence-electron chi connectivity index (χ2n) is 4.25. The summed E-state index contributed by atoms with van der Waals surface area (Å²) in [6.07, 6.45) is 2.47. The maximum absolute atomic E-state index is 11.3. The van der Waals surface area contributed by atoms with Gasteiger partial charge in [0, 0.05) is 12.6 Å². The first-order chi connectivity index (χ1) is 7.08. The van der Waals surface area contributed by atoms with Crippen LogP contribution in [0.25, 0.3) is 0 Å². The molecule has 4 N–H and O–H groups in total. The Morgan fingerprint density at radius 1 is 1.53 bits per heavy atom. The van der Waals surface area contributed by atoms with Crippen molar-refractivity contribution in [1.82, 2.24) is 10.6 Å². The molecule has 0 spiro atoms. The number of nitrogens with zero attached hydrogens (tertiary/aromatic N) is 1. The van der Waals surface area contributed by atoms with E-state index in [1.165, 1.54) is 12.8 Å². The molecule has 86 valence electrons. The van der Waals surface area contributed by atoms with Gasteiger partial charge in [-0.15, -0.1) is 0 Å². The van der Waals surface area contributed by atoms with Gasteiger partial charge in [-0.05, 0) is 32.6 Å². The Hall–Kier alpha value is -1.26. The summed E-state index contributed by atoms with van der Waals surface area (Å²) in [5.41, 5.74) is 5.55. The van der Waals surface area contributed by atoms with Gasteiger partial charge in [-0.1, -0.05) is 0 Å². The molecule has 0 radical (unpaired) electrons. The predicted molar refractivity (Wildman–Crippen MR) is 60.5 cm³/mol. The topological polar surface area (TPSA) is 79.5 Å². The summed E-state index contributed by atoms with van der Waals surface area (Å²) in [5, 5.41) is 5.75. The normalized spacial score (nSPS) is 16.6. The van der Waals surface area contributed by atoms with Crippen LogP contribution < -0.4 is 16.4 Å². The first-order valence-corrected chi connectivity index (χ1v) is 5.41. The summed E-state index contributed by atoms with van der Waals surface area (Å²) in [6.45, 7) is 4.83. The highest BCUT2D eigenvalue weighted by Gasteiger charge is 2.21. The molecule has 15 heavy (non-hydrogen) atoms. The van der Waals surface area contributed by atoms with Crippen LogP contribution in [0.3, 0.4) is 0 Å². The van der Waals surface area contributed by atoms with Crippen molar-refractivity contribution in [3.05, 3.63) is 0 Å². The zero-order valence-corrected chi connectivity index (χ0v) is 9.42. The molecule has 0 atom stereocenters. The second-order valence-corrected chi connectivity index (χ2v) is 4.25. The minimum Gasteiger partial charge on any atom is -0.370 e. The lowest BCUT2D eigenvalue weighted by molar-refractivity contribution is -0.119. The monoisotopic (exact) mass is 212 g/mol. The summed E-state index contributed by atoms with van der Waals surface area (Å²) in [4.78, 5) is 15.2. The standard InChI is InChI=1S/C10H20N4O/c1-7(2)14-10(11)13-6-9(15)12-5-8-3-4-8/h7-8H,3-6H2,1-2H3,(H,12,15)(H3,11,13,14). The Bertz CT molecular complexity index is 246. The van der Waals surface area contributed by atoms with Crippen LogP contribution >= 0.6 is 0 Å². The molecule has 0 aromatic carbocycles. The Morgan fingerprint density at radius 2 is 2.20 bits per heavy atom. The summed E-state index contributed by atoms with van der Waals surface area (Å²) < 4.78 is 0. The van der Waals surface area contributed by atoms with E-state index in [1.807, 2.05) is 13.8 Å². The van der Waals surface area contributed by atoms with Gasteiger partial charge in [-0.25, -0.2) is 4.99 Å². The molecule has 1 aliphatic carbocycles. The van der Waals surface area contributed by atoms with Gasteiger partial charge in [-0.3, -0.25) is 4.79 Å². The van der Waals surface area contributed by atoms with E-state index < -0.39 is 0 Å². The maximum Gasteiger partial charge on any atom is 0.241 e. The molecule has 0 aromatic heterocycles. The minimum atomic E-state index is -0.0598. The molecule has 0 unspecified atom stereocenters. The fourth-order valence-electron chi connectivity index (χ4n) is 1.13. The smallest absolute Gasteiger partial charge is 0.241 e. The number of amides is 1. The lowest BCUT2D eigenvalue weighted by Crippen LogP contribution is -2.38. The van der Waals surface area contributed by atoms with Crippen LogP contribution in [0.1, 0.15) is 26.7 Å². The summed E-state index contributed by atoms with van der Waals surface area (Å²) in [7, 11) is 0. The maximum atomic E-state index is 11.3. The molecule has 0 aromatic rings. The Morgan fingerprint density at radius 3 is 2.73 bits per heavy atom. The molecule has 5 heteroatoms. The highest BCUT2D eigenvalue weighted by Crippen LogP contribution is 2.27. The number of aliphatic imine (C=N–C) groups is 1. The van der Waals surface area contributed by atoms with Crippen molar-refractivity contribution >= 4 is 11.9 Å². The van der Waals surface area contributed by atoms with Crippen LogP contribution in [-0.2, 0) is 4.79 Å². The van der Waals surface area contributed by atoms with Crippen molar-refractivity contribution in [3.8, 4) is 0 Å². The summed E-state index contributed by atoms with van der Waals surface area (Å²) >= 11 is 0. The van der Waals surface area contributed by atoms with E-state index in [1.54, 1.807) is 0 Å². The van der Waals surface area contributed by atoms with Crippen molar-refractivity contribution in [1.29, 1.82) is 0 Å². The molecule has 0 bridgehead atoms. The zero-order chi connectivity index (χ0) is 11.3. The van der Waals surface area contributed by atoms with Crippen molar-refractivity contribution < 1.29 is 4.79 Å². The third kappa shape index (κ3) is 5.93. The molecule has 0 aliphatic heterocycles. The van der Waals surface area contributed by atoms with Gasteiger partial charge >= 0.3 is 0 Å². The number of carbonyl (C=O) groups is 1. The second kappa shape index (κ2) is 5.58. The zero-order valence-electron chi connectivity index (χ0n) is 9.42. The molecule has 5 nitrogen and oxygen atoms in total. The first kappa shape index (κ1) is 11.8. The highest BCUT2D eigenvalue weighted by atomic mass is 16.1. The van der Waals surface area contributed by atoms with E-state index in [-0.39, 0.29) is 18.5 Å². The van der Waals surface area contributed by atoms with Crippen LogP contribution in [0.2, 0.25) is 0 Å². The number of rotatable bonds is 5. The number of hydrogen-bond acceptors (Lipinski definition) is 2. The van der Waals surface area contributed by atoms with Gasteiger partial charge in [0.05, 0.1) is 0 Å². The molecule has 0 saturated heterocycles. The lowest BCUT2D eigenvalue weighted by Gasteiger charge is -2.08. The van der Waals surface area contributed by atoms with Gasteiger partial charge in [-0.2, -0.15) is 0 Å². The molecule has 1 amide bonds. The van der Waals surface area contributed by atoms with Crippen molar-refractivity contribution in [2.75, 3.05) is 13.1 Å². The van der Waals surface area contributed by atoms with E-state index in [4.69, 9.17) is 5.73 Å². The number of carbonyl (C=O) groups excluding carboxylic acids is 1. The Balaban J connectivity index is 2.12. The average molecular weight is 212 g/mol. The Kier molecular flexibility index (Phi) is 4.39. The van der Waals surface area contributed by atoms with E-state index in [0.29, 0.717) is 11.9 Å². The van der Waals surface area contributed by atoms with Crippen LogP contribution in [0, 0.1) is 5.92 Å². The van der Waals surface area contributed by atoms with Gasteiger partial charge < -0.3 is 16.4 Å². The summed E-state index contributed by atoms with van der Waals surface area (Å²) in [5.74, 6) is 0.964. The molecule has 0 heterocycles. The van der Waals surface area contributed by atoms with E-state index in [9.17, 15) is 4.79 Å². The number of guanidine groups is 1. The van der Waals surface area contributed by atoms with Crippen molar-refractivity contribution in [2.24, 2.45) is 16.6 Å². The predicted octanol–water partition coefficient (Wildman–Crippen LogP) is -0.175. The van der Waals surface area contributed by atoms with Crippen LogP contribution in [0.4, 0.5) is 0 Å². The van der Waals surface area contributed by atoms with E-state index in [0.717, 1.165) is 6.54 Å². The molecular formula is C10H20N4O. The molecule has 1 rings (SSSR count). The third-order valence-corrected chi connectivity index (χ3v) is 2.11. The first-order valence-electron chi connectivity index (χ1n) is 5.41. The van der Waals surface area contributed by atoms with Gasteiger partial charge in [0.2, 0.25) is 5.91 Å². The third-order valence-electron chi connectivity index (χ3n) is 2.11. The van der Waals surface area contributed by atoms with E-state index in [2.05, 4.69) is 15.6 Å². The fourth-order valence-corrected chi connectivity index (χ4v) is 1.13. The molecule has 1 saturated carbocycles. The van der Waals surface area contributed by atoms with Crippen molar-refractivity contribution in [2.45, 2.75) is 32.7 Å². The molecular weight excluding hydrogens is 192 g/mol. The number of hydrogen-bond donors (Lipinski definition) is 3. The summed E-state index contributed by atoms with van der Waals surface area (Å²) in [6, 6.07) is 0.239. The largest absolute Gasteiger partial charge is 0.370 e. The minimum absolute atomic E-state index is 0.0598. The lowest BCUT2D eigenvalue weighted by atomic mass is 10.4. The SMILES string of the molecule is CC(C)NC(N)=NCC(=O)NCC1CC1. The van der Waals surface area contributed by atoms with Crippen LogP contribution in [0.5, 0.6) is 0 Å². The van der Waals surface area contributed by atoms with E-state index >= 15 is 0 Å². The Labute approximate surface area is 90.5 Å². The van der Waals surface area contributed by atoms with Crippen molar-refractivity contribution in [3.63, 3.8) is 0 Å². The van der Waals surface area contributed by atoms with Crippen LogP contribution in [-0.4, -0.2) is 31.0 Å². The molecule has 1 fully saturated rings. The molecule has 1 aliphatic rings. The van der Waals surface area contributed by atoms with Crippen LogP contribution in [0.15, 0.2) is 4.99 Å². The fraction of sp³-hybridized carbons (Fsp3) is 0.800. The highest BCUT2D eigenvalue weighted by molar-refractivity contribution is 5.84. The van der Waals surface area contributed by atoms with Gasteiger partial charge in [0.25, 0.3) is 0 Å².